The first-order valence-electron chi connectivity index (χ1n) is 6.35. The van der Waals surface area contributed by atoms with Crippen molar-refractivity contribution in [1.82, 2.24) is 14.6 Å². The summed E-state index contributed by atoms with van der Waals surface area (Å²) < 4.78 is 12.3. The summed E-state index contributed by atoms with van der Waals surface area (Å²) in [5.41, 5.74) is 1.10. The Morgan fingerprint density at radius 1 is 1.10 bits per heavy atom. The zero-order valence-corrected chi connectivity index (χ0v) is 11.6. The second-order valence-corrected chi connectivity index (χ2v) is 4.43. The molecular formula is C15H13N3O3. The minimum Gasteiger partial charge on any atom is -0.493 e. The van der Waals surface area contributed by atoms with Gasteiger partial charge < -0.3 is 9.47 Å². The highest BCUT2D eigenvalue weighted by molar-refractivity contribution is 5.91. The quantitative estimate of drug-likeness (QED) is 0.545. The van der Waals surface area contributed by atoms with Crippen LogP contribution in [-0.2, 0) is 0 Å². The van der Waals surface area contributed by atoms with Crippen LogP contribution in [0.5, 0.6) is 11.5 Å². The van der Waals surface area contributed by atoms with Gasteiger partial charge in [0.25, 0.3) is 0 Å². The van der Waals surface area contributed by atoms with E-state index < -0.39 is 5.97 Å². The van der Waals surface area contributed by atoms with Gasteiger partial charge in [-0.2, -0.15) is 0 Å². The fourth-order valence-electron chi connectivity index (χ4n) is 1.99. The van der Waals surface area contributed by atoms with Crippen LogP contribution in [0.2, 0.25) is 0 Å². The molecule has 0 bridgehead atoms. The lowest BCUT2D eigenvalue weighted by molar-refractivity contribution is 0.0729. The predicted octanol–water partition coefficient (Wildman–Crippen LogP) is 2.27. The van der Waals surface area contributed by atoms with E-state index in [0.717, 1.165) is 0 Å². The highest BCUT2D eigenvalue weighted by Crippen LogP contribution is 2.26. The van der Waals surface area contributed by atoms with Gasteiger partial charge in [0.05, 0.1) is 12.7 Å². The van der Waals surface area contributed by atoms with E-state index in [2.05, 4.69) is 10.2 Å². The Morgan fingerprint density at radius 3 is 2.62 bits per heavy atom. The van der Waals surface area contributed by atoms with Crippen molar-refractivity contribution in [2.75, 3.05) is 7.11 Å². The Bertz CT molecular complexity index is 811. The van der Waals surface area contributed by atoms with Crippen molar-refractivity contribution in [3.63, 3.8) is 0 Å². The zero-order chi connectivity index (χ0) is 14.8. The number of nitrogens with zero attached hydrogens (tertiary/aromatic N) is 3. The van der Waals surface area contributed by atoms with Gasteiger partial charge in [0.1, 0.15) is 5.82 Å². The summed E-state index contributed by atoms with van der Waals surface area (Å²) >= 11 is 0. The molecule has 21 heavy (non-hydrogen) atoms. The molecule has 0 spiro atoms. The van der Waals surface area contributed by atoms with E-state index in [1.54, 1.807) is 40.9 Å². The van der Waals surface area contributed by atoms with Crippen molar-refractivity contribution in [1.29, 1.82) is 0 Å². The number of benzene rings is 1. The van der Waals surface area contributed by atoms with E-state index in [4.69, 9.17) is 9.47 Å². The molecule has 6 nitrogen and oxygen atoms in total. The number of fused-ring (bicyclic) bond motifs is 1. The molecule has 0 amide bonds. The maximum absolute atomic E-state index is 12.2. The van der Waals surface area contributed by atoms with Crippen molar-refractivity contribution >= 4 is 11.6 Å². The zero-order valence-electron chi connectivity index (χ0n) is 11.6. The summed E-state index contributed by atoms with van der Waals surface area (Å²) in [5.74, 6) is 1.13. The van der Waals surface area contributed by atoms with E-state index >= 15 is 0 Å². The van der Waals surface area contributed by atoms with Gasteiger partial charge in [0.2, 0.25) is 0 Å². The third kappa shape index (κ3) is 2.43. The number of aromatic nitrogens is 3. The second-order valence-electron chi connectivity index (χ2n) is 4.43. The average molecular weight is 283 g/mol. The molecular weight excluding hydrogens is 270 g/mol. The van der Waals surface area contributed by atoms with Crippen LogP contribution in [0.4, 0.5) is 0 Å². The number of methoxy groups -OCH3 is 1. The van der Waals surface area contributed by atoms with Gasteiger partial charge in [0.15, 0.2) is 17.1 Å². The molecule has 106 valence electrons. The van der Waals surface area contributed by atoms with Gasteiger partial charge in [-0.1, -0.05) is 12.1 Å². The molecule has 0 radical (unpaired) electrons. The monoisotopic (exact) mass is 283 g/mol. The van der Waals surface area contributed by atoms with E-state index in [-0.39, 0.29) is 0 Å². The number of esters is 1. The number of aryl methyl sites for hydroxylation is 1. The van der Waals surface area contributed by atoms with Crippen LogP contribution in [0.3, 0.4) is 0 Å². The first-order chi connectivity index (χ1) is 10.2. The summed E-state index contributed by atoms with van der Waals surface area (Å²) in [6.45, 7) is 1.81. The normalized spacial score (nSPS) is 10.6. The van der Waals surface area contributed by atoms with Crippen LogP contribution < -0.4 is 9.47 Å². The molecule has 0 saturated carbocycles. The number of carbonyl (C=O) groups is 1. The Morgan fingerprint density at radius 2 is 1.86 bits per heavy atom. The molecule has 0 unspecified atom stereocenters. The largest absolute Gasteiger partial charge is 0.493 e. The first kappa shape index (κ1) is 13.1. The number of rotatable bonds is 3. The molecule has 2 aromatic heterocycles. The molecule has 0 aliphatic rings. The standard InChI is InChI=1S/C15H13N3O3/c1-10-16-17-14-8-7-11(9-18(10)14)15(19)21-13-6-4-3-5-12(13)20-2/h3-9H,1-2H3. The van der Waals surface area contributed by atoms with Gasteiger partial charge in [0, 0.05) is 6.20 Å². The van der Waals surface area contributed by atoms with Gasteiger partial charge in [-0.25, -0.2) is 4.79 Å². The fourth-order valence-corrected chi connectivity index (χ4v) is 1.99. The lowest BCUT2D eigenvalue weighted by atomic mass is 10.2. The smallest absolute Gasteiger partial charge is 0.345 e. The van der Waals surface area contributed by atoms with E-state index in [9.17, 15) is 4.79 Å². The van der Waals surface area contributed by atoms with Gasteiger partial charge >= 0.3 is 5.97 Å². The second kappa shape index (κ2) is 5.24. The minimum atomic E-state index is -0.463. The van der Waals surface area contributed by atoms with Crippen LogP contribution in [0.15, 0.2) is 42.6 Å². The highest BCUT2D eigenvalue weighted by atomic mass is 16.6. The molecule has 0 atom stereocenters. The summed E-state index contributed by atoms with van der Waals surface area (Å²) in [5, 5.41) is 7.92. The molecule has 0 N–H and O–H groups in total. The summed E-state index contributed by atoms with van der Waals surface area (Å²) in [6.07, 6.45) is 1.66. The highest BCUT2D eigenvalue weighted by Gasteiger charge is 2.13. The molecule has 3 aromatic rings. The number of ether oxygens (including phenoxy) is 2. The first-order valence-corrected chi connectivity index (χ1v) is 6.35. The Kier molecular flexibility index (Phi) is 3.27. The number of pyridine rings is 1. The molecule has 0 saturated heterocycles. The van der Waals surface area contributed by atoms with Crippen molar-refractivity contribution in [2.45, 2.75) is 6.92 Å². The lowest BCUT2D eigenvalue weighted by Crippen LogP contribution is -2.10. The third-order valence-corrected chi connectivity index (χ3v) is 3.08. The van der Waals surface area contributed by atoms with E-state index in [0.29, 0.717) is 28.5 Å². The molecule has 2 heterocycles. The Labute approximate surface area is 120 Å². The fraction of sp³-hybridized carbons (Fsp3) is 0.133. The third-order valence-electron chi connectivity index (χ3n) is 3.08. The van der Waals surface area contributed by atoms with Crippen molar-refractivity contribution in [3.8, 4) is 11.5 Å². The maximum Gasteiger partial charge on any atom is 0.345 e. The maximum atomic E-state index is 12.2. The molecule has 6 heteroatoms. The molecule has 3 rings (SSSR count). The molecule has 0 aliphatic carbocycles. The average Bonchev–Trinajstić information content (AvgIpc) is 2.88. The minimum absolute atomic E-state index is 0.380. The van der Waals surface area contributed by atoms with Crippen LogP contribution in [0, 0.1) is 6.92 Å². The number of carbonyl (C=O) groups excluding carboxylic acids is 1. The molecule has 1 aromatic carbocycles. The van der Waals surface area contributed by atoms with E-state index in [1.165, 1.54) is 7.11 Å². The van der Waals surface area contributed by atoms with Crippen molar-refractivity contribution in [3.05, 3.63) is 54.0 Å². The van der Waals surface area contributed by atoms with Gasteiger partial charge in [-0.15, -0.1) is 10.2 Å². The lowest BCUT2D eigenvalue weighted by Gasteiger charge is -2.08. The van der Waals surface area contributed by atoms with Gasteiger partial charge in [-0.05, 0) is 31.2 Å². The Balaban J connectivity index is 1.91. The summed E-state index contributed by atoms with van der Waals surface area (Å²) in [6, 6.07) is 10.4. The van der Waals surface area contributed by atoms with Gasteiger partial charge in [-0.3, -0.25) is 4.40 Å². The Hall–Kier alpha value is -2.89. The molecule has 0 aliphatic heterocycles. The molecule has 0 fully saturated rings. The van der Waals surface area contributed by atoms with Crippen molar-refractivity contribution in [2.24, 2.45) is 0 Å². The number of hydrogen-bond acceptors (Lipinski definition) is 5. The van der Waals surface area contributed by atoms with E-state index in [1.807, 2.05) is 13.0 Å². The van der Waals surface area contributed by atoms with Crippen LogP contribution in [-0.4, -0.2) is 27.7 Å². The SMILES string of the molecule is COc1ccccc1OC(=O)c1ccc2nnc(C)n2c1. The topological polar surface area (TPSA) is 65.7 Å². The van der Waals surface area contributed by atoms with Crippen LogP contribution in [0.1, 0.15) is 16.2 Å². The number of para-hydroxylation sites is 2. The number of hydrogen-bond donors (Lipinski definition) is 0. The predicted molar refractivity (Wildman–Crippen MR) is 75.7 cm³/mol. The summed E-state index contributed by atoms with van der Waals surface area (Å²) in [4.78, 5) is 12.2. The van der Waals surface area contributed by atoms with Crippen LogP contribution >= 0.6 is 0 Å². The van der Waals surface area contributed by atoms with Crippen molar-refractivity contribution < 1.29 is 14.3 Å². The van der Waals surface area contributed by atoms with Crippen LogP contribution in [0.25, 0.3) is 5.65 Å². The summed E-state index contributed by atoms with van der Waals surface area (Å²) in [7, 11) is 1.53.